The van der Waals surface area contributed by atoms with Crippen LogP contribution in [0.1, 0.15) is 42.0 Å². The van der Waals surface area contributed by atoms with Gasteiger partial charge in [-0.05, 0) is 17.5 Å². The predicted octanol–water partition coefficient (Wildman–Crippen LogP) is 3.66. The molecule has 30 heavy (non-hydrogen) atoms. The molecule has 2 aromatic rings. The lowest BCUT2D eigenvalue weighted by molar-refractivity contribution is -0.130. The molecule has 2 heterocycles. The van der Waals surface area contributed by atoms with Crippen LogP contribution in [0.5, 0.6) is 5.88 Å². The van der Waals surface area contributed by atoms with Crippen molar-refractivity contribution in [3.05, 3.63) is 47.2 Å². The molecule has 6 nitrogen and oxygen atoms in total. The number of alkyl halides is 3. The van der Waals surface area contributed by atoms with E-state index in [1.807, 2.05) is 6.07 Å². The van der Waals surface area contributed by atoms with E-state index in [1.54, 1.807) is 24.1 Å². The molecule has 0 bridgehead atoms. The molecule has 1 saturated heterocycles. The fourth-order valence-electron chi connectivity index (χ4n) is 3.79. The number of amides is 1. The molecule has 1 N–H and O–H groups in total. The first kappa shape index (κ1) is 22.1. The van der Waals surface area contributed by atoms with Crippen molar-refractivity contribution in [2.75, 3.05) is 33.4 Å². The Morgan fingerprint density at radius 2 is 1.90 bits per heavy atom. The number of hydrogen-bond acceptors (Lipinski definition) is 4. The Bertz CT molecular complexity index is 836. The second-order valence-electron chi connectivity index (χ2n) is 7.59. The number of nitrogens with zero attached hydrogens (tertiary/aromatic N) is 2. The fourth-order valence-corrected chi connectivity index (χ4v) is 3.79. The number of benzene rings is 1. The zero-order valence-corrected chi connectivity index (χ0v) is 17.0. The van der Waals surface area contributed by atoms with E-state index in [0.29, 0.717) is 32.2 Å². The van der Waals surface area contributed by atoms with Crippen LogP contribution in [0.4, 0.5) is 13.2 Å². The van der Waals surface area contributed by atoms with Gasteiger partial charge in [0.25, 0.3) is 0 Å². The Morgan fingerprint density at radius 1 is 1.20 bits per heavy atom. The van der Waals surface area contributed by atoms with E-state index in [9.17, 15) is 18.0 Å². The molecule has 1 aliphatic heterocycles. The molecule has 1 aromatic heterocycles. The van der Waals surface area contributed by atoms with Crippen molar-refractivity contribution in [3.8, 4) is 5.88 Å². The number of rotatable bonds is 7. The lowest BCUT2D eigenvalue weighted by atomic mass is 9.82. The summed E-state index contributed by atoms with van der Waals surface area (Å²) in [5.74, 6) is 0.480. The molecule has 3 rings (SSSR count). The first-order valence-corrected chi connectivity index (χ1v) is 9.83. The monoisotopic (exact) mass is 425 g/mol. The van der Waals surface area contributed by atoms with Crippen LogP contribution < -0.4 is 4.74 Å². The topological polar surface area (TPSA) is 67.5 Å². The van der Waals surface area contributed by atoms with E-state index in [4.69, 9.17) is 9.47 Å². The summed E-state index contributed by atoms with van der Waals surface area (Å²) in [6.45, 7) is 3.46. The molecule has 1 fully saturated rings. The van der Waals surface area contributed by atoms with Gasteiger partial charge in [-0.15, -0.1) is 5.10 Å². The van der Waals surface area contributed by atoms with E-state index in [0.717, 1.165) is 17.7 Å². The molecule has 1 aliphatic rings. The highest BCUT2D eigenvalue weighted by molar-refractivity contribution is 5.73. The van der Waals surface area contributed by atoms with Gasteiger partial charge in [-0.1, -0.05) is 24.3 Å². The Morgan fingerprint density at radius 3 is 2.53 bits per heavy atom. The van der Waals surface area contributed by atoms with E-state index in [2.05, 4.69) is 10.2 Å². The average molecular weight is 425 g/mol. The van der Waals surface area contributed by atoms with Gasteiger partial charge in [0, 0.05) is 50.7 Å². The highest BCUT2D eigenvalue weighted by Gasteiger charge is 2.32. The summed E-state index contributed by atoms with van der Waals surface area (Å²) >= 11 is 0. The number of H-pyrrole nitrogens is 1. The van der Waals surface area contributed by atoms with Crippen molar-refractivity contribution < 1.29 is 27.4 Å². The second-order valence-corrected chi connectivity index (χ2v) is 7.59. The van der Waals surface area contributed by atoms with Crippen LogP contribution in [0.25, 0.3) is 0 Å². The van der Waals surface area contributed by atoms with Crippen LogP contribution >= 0.6 is 0 Å². The van der Waals surface area contributed by atoms with Crippen LogP contribution in [0.2, 0.25) is 0 Å². The summed E-state index contributed by atoms with van der Waals surface area (Å²) < 4.78 is 48.3. The van der Waals surface area contributed by atoms with Gasteiger partial charge in [-0.25, -0.2) is 0 Å². The Hall–Kier alpha value is -2.55. The number of piperidine rings is 1. The van der Waals surface area contributed by atoms with Crippen LogP contribution in [0, 0.1) is 0 Å². The predicted molar refractivity (Wildman–Crippen MR) is 105 cm³/mol. The summed E-state index contributed by atoms with van der Waals surface area (Å²) in [5.41, 5.74) is 2.02. The van der Waals surface area contributed by atoms with Gasteiger partial charge in [-0.3, -0.25) is 9.89 Å². The summed E-state index contributed by atoms with van der Waals surface area (Å²) in [7, 11) is 1.59. The number of hydrogen-bond donors (Lipinski definition) is 1. The van der Waals surface area contributed by atoms with Crippen molar-refractivity contribution in [2.45, 2.75) is 37.8 Å². The molecular weight excluding hydrogens is 399 g/mol. The van der Waals surface area contributed by atoms with E-state index in [-0.39, 0.29) is 23.3 Å². The third-order valence-electron chi connectivity index (χ3n) is 5.30. The van der Waals surface area contributed by atoms with Gasteiger partial charge >= 0.3 is 6.18 Å². The van der Waals surface area contributed by atoms with Gasteiger partial charge in [0.1, 0.15) is 6.61 Å². The number of carbonyl (C=O) groups is 1. The van der Waals surface area contributed by atoms with Gasteiger partial charge in [-0.2, -0.15) is 13.2 Å². The average Bonchev–Trinajstić information content (AvgIpc) is 3.16. The number of likely N-dealkylation sites (tertiary alicyclic amines) is 1. The maximum Gasteiger partial charge on any atom is 0.393 e. The minimum Gasteiger partial charge on any atom is -0.474 e. The highest BCUT2D eigenvalue weighted by Crippen LogP contribution is 2.36. The maximum atomic E-state index is 12.6. The van der Waals surface area contributed by atoms with Crippen LogP contribution in [-0.4, -0.2) is 60.6 Å². The molecular formula is C21H26F3N3O3. The standard InChI is InChI=1S/C21H26F3N3O3/c1-14(28)27-12-17(16-5-3-15(4-6-16)11-21(22,23)24)9-18(13-27)19-10-20(26-25-19)30-8-7-29-2/h3-6,10,17-18H,7-9,11-13H2,1-2H3,(H,25,26). The zero-order valence-electron chi connectivity index (χ0n) is 17.0. The molecule has 1 aromatic carbocycles. The maximum absolute atomic E-state index is 12.6. The van der Waals surface area contributed by atoms with Crippen molar-refractivity contribution >= 4 is 5.91 Å². The minimum absolute atomic E-state index is 0.0220. The van der Waals surface area contributed by atoms with Gasteiger partial charge in [0.05, 0.1) is 13.0 Å². The summed E-state index contributed by atoms with van der Waals surface area (Å²) in [5, 5.41) is 7.15. The molecule has 0 saturated carbocycles. The van der Waals surface area contributed by atoms with Crippen LogP contribution in [0.3, 0.4) is 0 Å². The number of halogens is 3. The Labute approximate surface area is 173 Å². The summed E-state index contributed by atoms with van der Waals surface area (Å²) in [4.78, 5) is 13.9. The first-order chi connectivity index (χ1) is 14.2. The quantitative estimate of drug-likeness (QED) is 0.688. The molecule has 2 atom stereocenters. The first-order valence-electron chi connectivity index (χ1n) is 9.83. The normalized spacial score (nSPS) is 19.7. The van der Waals surface area contributed by atoms with E-state index in [1.165, 1.54) is 19.1 Å². The van der Waals surface area contributed by atoms with Crippen molar-refractivity contribution in [1.82, 2.24) is 15.1 Å². The third-order valence-corrected chi connectivity index (χ3v) is 5.30. The Kier molecular flexibility index (Phi) is 7.02. The van der Waals surface area contributed by atoms with E-state index < -0.39 is 12.6 Å². The van der Waals surface area contributed by atoms with E-state index >= 15 is 0 Å². The van der Waals surface area contributed by atoms with Crippen molar-refractivity contribution in [3.63, 3.8) is 0 Å². The number of nitrogens with one attached hydrogen (secondary N) is 1. The molecule has 0 aliphatic carbocycles. The summed E-state index contributed by atoms with van der Waals surface area (Å²) in [6, 6.07) is 8.33. The number of aromatic amines is 1. The number of methoxy groups -OCH3 is 1. The second kappa shape index (κ2) is 9.51. The lowest BCUT2D eigenvalue weighted by Gasteiger charge is -2.37. The summed E-state index contributed by atoms with van der Waals surface area (Å²) in [6.07, 6.45) is -4.42. The van der Waals surface area contributed by atoms with Gasteiger partial charge in [0.15, 0.2) is 0 Å². The largest absolute Gasteiger partial charge is 0.474 e. The van der Waals surface area contributed by atoms with Crippen molar-refractivity contribution in [2.24, 2.45) is 0 Å². The molecule has 0 spiro atoms. The highest BCUT2D eigenvalue weighted by atomic mass is 19.4. The van der Waals surface area contributed by atoms with Gasteiger partial charge in [0.2, 0.25) is 11.8 Å². The smallest absolute Gasteiger partial charge is 0.393 e. The number of carbonyl (C=O) groups excluding carboxylic acids is 1. The number of aromatic nitrogens is 2. The minimum atomic E-state index is -4.23. The van der Waals surface area contributed by atoms with Crippen LogP contribution in [0.15, 0.2) is 30.3 Å². The van der Waals surface area contributed by atoms with Gasteiger partial charge < -0.3 is 14.4 Å². The third kappa shape index (κ3) is 5.98. The van der Waals surface area contributed by atoms with Crippen molar-refractivity contribution in [1.29, 1.82) is 0 Å². The molecule has 2 unspecified atom stereocenters. The molecule has 9 heteroatoms. The fraction of sp³-hybridized carbons (Fsp3) is 0.524. The Balaban J connectivity index is 1.73. The zero-order chi connectivity index (χ0) is 21.7. The lowest BCUT2D eigenvalue weighted by Crippen LogP contribution is -2.41. The SMILES string of the molecule is COCCOc1cc(C2CC(c3ccc(CC(F)(F)F)cc3)CN(C(C)=O)C2)[nH]n1. The molecule has 164 valence electrons. The molecule has 0 radical (unpaired) electrons. The number of ether oxygens (including phenoxy) is 2. The van der Waals surface area contributed by atoms with Crippen LogP contribution in [-0.2, 0) is 16.0 Å². The molecule has 1 amide bonds.